The Morgan fingerprint density at radius 1 is 0.792 bits per heavy atom. The summed E-state index contributed by atoms with van der Waals surface area (Å²) in [5.41, 5.74) is 3.61. The van der Waals surface area contributed by atoms with Crippen LogP contribution in [0.15, 0.2) is 72.8 Å². The van der Waals surface area contributed by atoms with Gasteiger partial charge < -0.3 is 5.32 Å². The molecule has 0 heterocycles. The molecule has 0 radical (unpaired) electrons. The third-order valence-electron chi connectivity index (χ3n) is 3.67. The van der Waals surface area contributed by atoms with Crippen LogP contribution < -0.4 is 5.32 Å². The Morgan fingerprint density at radius 3 is 2.29 bits per heavy atom. The number of amides is 1. The predicted octanol–water partition coefficient (Wildman–Crippen LogP) is 5.59. The fraction of sp³-hybridized carbons (Fsp3) is 0.0500. The van der Waals surface area contributed by atoms with Crippen LogP contribution in [0.3, 0.4) is 0 Å². The molecule has 0 saturated carbocycles. The Hall–Kier alpha value is -2.29. The molecule has 3 aromatic carbocycles. The Morgan fingerprint density at radius 2 is 1.54 bits per heavy atom. The number of rotatable bonds is 4. The summed E-state index contributed by atoms with van der Waals surface area (Å²) in [7, 11) is 0. The van der Waals surface area contributed by atoms with Gasteiger partial charge in [-0.15, -0.1) is 0 Å². The zero-order valence-corrected chi connectivity index (χ0v) is 14.3. The van der Waals surface area contributed by atoms with Crippen molar-refractivity contribution >= 4 is 29.1 Å². The maximum absolute atomic E-state index is 12.4. The number of halogens is 2. The number of nitrogens with one attached hydrogen (secondary N) is 1. The molecule has 0 spiro atoms. The van der Waals surface area contributed by atoms with Crippen LogP contribution in [0.2, 0.25) is 10.0 Å². The molecule has 120 valence electrons. The summed E-state index contributed by atoms with van der Waals surface area (Å²) in [6, 6.07) is 22.9. The van der Waals surface area contributed by atoms with Gasteiger partial charge in [0.05, 0.1) is 10.0 Å². The van der Waals surface area contributed by atoms with E-state index >= 15 is 0 Å². The van der Waals surface area contributed by atoms with Crippen molar-refractivity contribution < 1.29 is 4.79 Å². The second-order valence-electron chi connectivity index (χ2n) is 5.38. The summed E-state index contributed by atoms with van der Waals surface area (Å²) in [5.74, 6) is -0.126. The first-order valence-corrected chi connectivity index (χ1v) is 8.27. The van der Waals surface area contributed by atoms with Crippen LogP contribution in [-0.4, -0.2) is 5.91 Å². The van der Waals surface area contributed by atoms with E-state index in [0.29, 0.717) is 22.2 Å². The summed E-state index contributed by atoms with van der Waals surface area (Å²) in [6.45, 7) is 0.394. The highest BCUT2D eigenvalue weighted by Crippen LogP contribution is 2.23. The summed E-state index contributed by atoms with van der Waals surface area (Å²) in [4.78, 5) is 12.4. The number of hydrogen-bond donors (Lipinski definition) is 1. The van der Waals surface area contributed by atoms with Gasteiger partial charge in [-0.3, -0.25) is 4.79 Å². The molecule has 1 N–H and O–H groups in total. The number of hydrogen-bond acceptors (Lipinski definition) is 1. The van der Waals surface area contributed by atoms with E-state index in [9.17, 15) is 4.79 Å². The van der Waals surface area contributed by atoms with Gasteiger partial charge in [-0.1, -0.05) is 71.7 Å². The van der Waals surface area contributed by atoms with Crippen LogP contribution >= 0.6 is 23.2 Å². The van der Waals surface area contributed by atoms with Gasteiger partial charge in [0, 0.05) is 12.1 Å². The molecule has 3 rings (SSSR count). The van der Waals surface area contributed by atoms with Crippen molar-refractivity contribution in [2.75, 3.05) is 0 Å². The Bertz CT molecular complexity index is 863. The SMILES string of the molecule is O=C(NCc1ccc(Cl)c(Cl)c1)c1cccc(-c2ccccc2)c1. The molecule has 0 unspecified atom stereocenters. The van der Waals surface area contributed by atoms with Crippen LogP contribution in [-0.2, 0) is 6.54 Å². The van der Waals surface area contributed by atoms with E-state index in [1.807, 2.05) is 54.6 Å². The zero-order valence-electron chi connectivity index (χ0n) is 12.8. The van der Waals surface area contributed by atoms with Crippen molar-refractivity contribution in [1.29, 1.82) is 0 Å². The predicted molar refractivity (Wildman–Crippen MR) is 99.5 cm³/mol. The third-order valence-corrected chi connectivity index (χ3v) is 4.41. The lowest BCUT2D eigenvalue weighted by molar-refractivity contribution is 0.0951. The van der Waals surface area contributed by atoms with Gasteiger partial charge in [-0.05, 0) is 41.0 Å². The first-order valence-electron chi connectivity index (χ1n) is 7.51. The molecule has 0 atom stereocenters. The molecule has 0 aliphatic heterocycles. The molecule has 0 fully saturated rings. The second kappa shape index (κ2) is 7.52. The third kappa shape index (κ3) is 3.97. The van der Waals surface area contributed by atoms with Gasteiger partial charge in [0.25, 0.3) is 5.91 Å². The Labute approximate surface area is 151 Å². The van der Waals surface area contributed by atoms with Crippen LogP contribution in [0, 0.1) is 0 Å². The van der Waals surface area contributed by atoms with Gasteiger partial charge in [0.2, 0.25) is 0 Å². The standard InChI is InChI=1S/C20H15Cl2NO/c21-18-10-9-14(11-19(18)22)13-23-20(24)17-8-4-7-16(12-17)15-5-2-1-3-6-15/h1-12H,13H2,(H,23,24). The van der Waals surface area contributed by atoms with Gasteiger partial charge in [-0.2, -0.15) is 0 Å². The van der Waals surface area contributed by atoms with Gasteiger partial charge in [-0.25, -0.2) is 0 Å². The van der Waals surface area contributed by atoms with E-state index < -0.39 is 0 Å². The van der Waals surface area contributed by atoms with Crippen LogP contribution in [0.4, 0.5) is 0 Å². The summed E-state index contributed by atoms with van der Waals surface area (Å²) in [5, 5.41) is 3.88. The molecule has 0 bridgehead atoms. The van der Waals surface area contributed by atoms with Crippen molar-refractivity contribution in [2.45, 2.75) is 6.54 Å². The van der Waals surface area contributed by atoms with Crippen molar-refractivity contribution in [3.8, 4) is 11.1 Å². The maximum Gasteiger partial charge on any atom is 0.251 e. The highest BCUT2D eigenvalue weighted by Gasteiger charge is 2.07. The zero-order chi connectivity index (χ0) is 16.9. The smallest absolute Gasteiger partial charge is 0.251 e. The largest absolute Gasteiger partial charge is 0.348 e. The van der Waals surface area contributed by atoms with E-state index in [1.165, 1.54) is 0 Å². The van der Waals surface area contributed by atoms with Crippen molar-refractivity contribution in [3.63, 3.8) is 0 Å². The molecule has 3 aromatic rings. The van der Waals surface area contributed by atoms with Crippen molar-refractivity contribution in [3.05, 3.63) is 94.0 Å². The molecule has 4 heteroatoms. The molecule has 1 amide bonds. The van der Waals surface area contributed by atoms with Crippen molar-refractivity contribution in [2.24, 2.45) is 0 Å². The molecule has 2 nitrogen and oxygen atoms in total. The lowest BCUT2D eigenvalue weighted by Gasteiger charge is -2.08. The van der Waals surface area contributed by atoms with E-state index in [0.717, 1.165) is 16.7 Å². The van der Waals surface area contributed by atoms with E-state index in [1.54, 1.807) is 18.2 Å². The second-order valence-corrected chi connectivity index (χ2v) is 6.19. The van der Waals surface area contributed by atoms with Gasteiger partial charge >= 0.3 is 0 Å². The summed E-state index contributed by atoms with van der Waals surface area (Å²) >= 11 is 11.9. The van der Waals surface area contributed by atoms with E-state index in [2.05, 4.69) is 5.32 Å². The fourth-order valence-corrected chi connectivity index (χ4v) is 2.73. The first kappa shape index (κ1) is 16.6. The minimum Gasteiger partial charge on any atom is -0.348 e. The van der Waals surface area contributed by atoms with Crippen LogP contribution in [0.5, 0.6) is 0 Å². The molecular formula is C20H15Cl2NO. The summed E-state index contributed by atoms with van der Waals surface area (Å²) < 4.78 is 0. The Kier molecular flexibility index (Phi) is 5.19. The van der Waals surface area contributed by atoms with Crippen LogP contribution in [0.1, 0.15) is 15.9 Å². The molecule has 24 heavy (non-hydrogen) atoms. The molecule has 0 aliphatic carbocycles. The number of benzene rings is 3. The van der Waals surface area contributed by atoms with E-state index in [4.69, 9.17) is 23.2 Å². The normalized spacial score (nSPS) is 10.4. The minimum absolute atomic E-state index is 0.126. The molecule has 0 aromatic heterocycles. The molecule has 0 aliphatic rings. The van der Waals surface area contributed by atoms with Gasteiger partial charge in [0.15, 0.2) is 0 Å². The Balaban J connectivity index is 1.72. The molecule has 0 saturated heterocycles. The molecular weight excluding hydrogens is 341 g/mol. The maximum atomic E-state index is 12.4. The van der Waals surface area contributed by atoms with E-state index in [-0.39, 0.29) is 5.91 Å². The average Bonchev–Trinajstić information content (AvgIpc) is 2.63. The van der Waals surface area contributed by atoms with Crippen molar-refractivity contribution in [1.82, 2.24) is 5.32 Å². The van der Waals surface area contributed by atoms with Gasteiger partial charge in [0.1, 0.15) is 0 Å². The topological polar surface area (TPSA) is 29.1 Å². The highest BCUT2D eigenvalue weighted by molar-refractivity contribution is 6.42. The minimum atomic E-state index is -0.126. The monoisotopic (exact) mass is 355 g/mol. The summed E-state index contributed by atoms with van der Waals surface area (Å²) in [6.07, 6.45) is 0. The van der Waals surface area contributed by atoms with Crippen LogP contribution in [0.25, 0.3) is 11.1 Å². The number of carbonyl (C=O) groups is 1. The highest BCUT2D eigenvalue weighted by atomic mass is 35.5. The fourth-order valence-electron chi connectivity index (χ4n) is 2.40. The number of carbonyl (C=O) groups excluding carboxylic acids is 1. The first-order chi connectivity index (χ1) is 11.6. The lowest BCUT2D eigenvalue weighted by Crippen LogP contribution is -2.22. The quantitative estimate of drug-likeness (QED) is 0.649. The average molecular weight is 356 g/mol. The lowest BCUT2D eigenvalue weighted by atomic mass is 10.0.